The minimum absolute atomic E-state index is 0.0855. The van der Waals surface area contributed by atoms with Gasteiger partial charge in [-0.2, -0.15) is 0 Å². The number of H-pyrrole nitrogens is 2. The Kier molecular flexibility index (Phi) is 6.58. The average molecular weight is 476 g/mol. The largest absolute Gasteiger partial charge is 0.490 e. The zero-order chi connectivity index (χ0) is 22.7. The van der Waals surface area contributed by atoms with E-state index in [0.717, 1.165) is 16.8 Å². The van der Waals surface area contributed by atoms with Gasteiger partial charge in [-0.1, -0.05) is 29.3 Å². The maximum absolute atomic E-state index is 14.1. The lowest BCUT2D eigenvalue weighted by Crippen LogP contribution is -2.05. The van der Waals surface area contributed by atoms with E-state index in [1.165, 1.54) is 12.1 Å². The molecule has 4 aromatic rings. The van der Waals surface area contributed by atoms with Gasteiger partial charge in [0.1, 0.15) is 12.4 Å². The average Bonchev–Trinajstić information content (AvgIpc) is 3.13. The van der Waals surface area contributed by atoms with E-state index in [2.05, 4.69) is 15.3 Å². The molecule has 0 amide bonds. The highest BCUT2D eigenvalue weighted by atomic mass is 35.5. The normalized spacial score (nSPS) is 11.0. The van der Waals surface area contributed by atoms with Crippen LogP contribution in [0.1, 0.15) is 18.1 Å². The monoisotopic (exact) mass is 475 g/mol. The third-order valence-corrected chi connectivity index (χ3v) is 5.44. The molecule has 0 spiro atoms. The molecule has 9 heteroatoms. The molecule has 0 fully saturated rings. The van der Waals surface area contributed by atoms with Crippen LogP contribution in [0.4, 0.5) is 10.1 Å². The van der Waals surface area contributed by atoms with Crippen LogP contribution in [0.15, 0.2) is 53.3 Å². The molecule has 0 saturated carbocycles. The number of fused-ring (bicyclic) bond motifs is 1. The van der Waals surface area contributed by atoms with E-state index in [1.807, 2.05) is 31.2 Å². The number of anilines is 1. The van der Waals surface area contributed by atoms with Gasteiger partial charge in [0.05, 0.1) is 27.7 Å². The summed E-state index contributed by atoms with van der Waals surface area (Å²) in [7, 11) is 0. The van der Waals surface area contributed by atoms with Crippen LogP contribution < -0.4 is 20.5 Å². The molecule has 166 valence electrons. The second-order valence-corrected chi connectivity index (χ2v) is 7.83. The van der Waals surface area contributed by atoms with Crippen LogP contribution in [-0.4, -0.2) is 16.6 Å². The SMILES string of the molecule is CCOc1cc(CNc2ccc3[nH]c(=O)[nH]c3c2)cc(Cl)c1OCc1c(F)cccc1Cl. The van der Waals surface area contributed by atoms with Crippen LogP contribution in [0.25, 0.3) is 11.0 Å². The number of aromatic amines is 2. The smallest absolute Gasteiger partial charge is 0.323 e. The minimum atomic E-state index is -0.451. The van der Waals surface area contributed by atoms with Gasteiger partial charge < -0.3 is 24.8 Å². The number of hydrogen-bond acceptors (Lipinski definition) is 4. The van der Waals surface area contributed by atoms with Gasteiger partial charge >= 0.3 is 5.69 Å². The summed E-state index contributed by atoms with van der Waals surface area (Å²) in [5.41, 5.74) is 3.13. The number of nitrogens with one attached hydrogen (secondary N) is 3. The van der Waals surface area contributed by atoms with Gasteiger partial charge in [-0.25, -0.2) is 9.18 Å². The minimum Gasteiger partial charge on any atom is -0.490 e. The van der Waals surface area contributed by atoms with Crippen molar-refractivity contribution >= 4 is 39.9 Å². The summed E-state index contributed by atoms with van der Waals surface area (Å²) in [6, 6.07) is 13.6. The van der Waals surface area contributed by atoms with Gasteiger partial charge in [0.2, 0.25) is 0 Å². The molecule has 32 heavy (non-hydrogen) atoms. The zero-order valence-electron chi connectivity index (χ0n) is 17.1. The fraction of sp³-hybridized carbons (Fsp3) is 0.174. The number of hydrogen-bond donors (Lipinski definition) is 3. The lowest BCUT2D eigenvalue weighted by molar-refractivity contribution is 0.266. The van der Waals surface area contributed by atoms with Gasteiger partial charge in [-0.3, -0.25) is 0 Å². The highest BCUT2D eigenvalue weighted by molar-refractivity contribution is 6.32. The summed E-state index contributed by atoms with van der Waals surface area (Å²) in [5, 5.41) is 3.91. The molecule has 0 aliphatic rings. The Morgan fingerprint density at radius 3 is 2.59 bits per heavy atom. The molecule has 1 aromatic heterocycles. The molecule has 0 bridgehead atoms. The Morgan fingerprint density at radius 2 is 1.81 bits per heavy atom. The lowest BCUT2D eigenvalue weighted by Gasteiger charge is -2.16. The fourth-order valence-corrected chi connectivity index (χ4v) is 3.79. The molecule has 6 nitrogen and oxygen atoms in total. The maximum atomic E-state index is 14.1. The predicted octanol–water partition coefficient (Wildman–Crippen LogP) is 5.89. The molecule has 3 N–H and O–H groups in total. The van der Waals surface area contributed by atoms with Gasteiger partial charge in [-0.15, -0.1) is 0 Å². The number of aromatic nitrogens is 2. The van der Waals surface area contributed by atoms with Crippen LogP contribution >= 0.6 is 23.2 Å². The number of rotatable bonds is 8. The van der Waals surface area contributed by atoms with E-state index < -0.39 is 5.82 Å². The zero-order valence-corrected chi connectivity index (χ0v) is 18.6. The van der Waals surface area contributed by atoms with Crippen molar-refractivity contribution in [1.29, 1.82) is 0 Å². The lowest BCUT2D eigenvalue weighted by atomic mass is 10.2. The van der Waals surface area contributed by atoms with Crippen molar-refractivity contribution in [3.63, 3.8) is 0 Å². The van der Waals surface area contributed by atoms with Gasteiger partial charge in [0.15, 0.2) is 11.5 Å². The molecular formula is C23H20Cl2FN3O3. The molecule has 0 aliphatic carbocycles. The highest BCUT2D eigenvalue weighted by Gasteiger charge is 2.15. The third-order valence-electron chi connectivity index (χ3n) is 4.80. The van der Waals surface area contributed by atoms with Gasteiger partial charge in [0.25, 0.3) is 0 Å². The van der Waals surface area contributed by atoms with Crippen LogP contribution in [0.3, 0.4) is 0 Å². The third kappa shape index (κ3) is 4.84. The van der Waals surface area contributed by atoms with Crippen molar-refractivity contribution in [3.8, 4) is 11.5 Å². The Morgan fingerprint density at radius 1 is 1.00 bits per heavy atom. The van der Waals surface area contributed by atoms with E-state index in [0.29, 0.717) is 35.2 Å². The fourth-order valence-electron chi connectivity index (χ4n) is 3.29. The Hall–Kier alpha value is -3.16. The second-order valence-electron chi connectivity index (χ2n) is 7.02. The van der Waals surface area contributed by atoms with Crippen LogP contribution in [0.5, 0.6) is 11.5 Å². The molecule has 1 heterocycles. The molecule has 0 unspecified atom stereocenters. The van der Waals surface area contributed by atoms with Crippen molar-refractivity contribution < 1.29 is 13.9 Å². The first kappa shape index (κ1) is 22.0. The van der Waals surface area contributed by atoms with E-state index in [1.54, 1.807) is 12.1 Å². The summed E-state index contributed by atoms with van der Waals surface area (Å²) < 4.78 is 25.6. The van der Waals surface area contributed by atoms with Crippen LogP contribution in [0.2, 0.25) is 10.0 Å². The van der Waals surface area contributed by atoms with Gasteiger partial charge in [0, 0.05) is 17.8 Å². The summed E-state index contributed by atoms with van der Waals surface area (Å²) >= 11 is 12.6. The number of imidazole rings is 1. The van der Waals surface area contributed by atoms with Crippen molar-refractivity contribution in [2.45, 2.75) is 20.1 Å². The predicted molar refractivity (Wildman–Crippen MR) is 125 cm³/mol. The van der Waals surface area contributed by atoms with E-state index in [9.17, 15) is 9.18 Å². The molecule has 0 atom stereocenters. The van der Waals surface area contributed by atoms with Crippen molar-refractivity contribution in [1.82, 2.24) is 9.97 Å². The quantitative estimate of drug-likeness (QED) is 0.296. The van der Waals surface area contributed by atoms with E-state index >= 15 is 0 Å². The first-order chi connectivity index (χ1) is 15.4. The van der Waals surface area contributed by atoms with Gasteiger partial charge in [-0.05, 0) is 55.0 Å². The van der Waals surface area contributed by atoms with Crippen molar-refractivity contribution in [3.05, 3.63) is 86.0 Å². The Labute approximate surface area is 193 Å². The molecule has 3 aromatic carbocycles. The molecule has 0 aliphatic heterocycles. The first-order valence-electron chi connectivity index (χ1n) is 9.91. The van der Waals surface area contributed by atoms with E-state index in [-0.39, 0.29) is 22.9 Å². The Bertz CT molecular complexity index is 1300. The van der Waals surface area contributed by atoms with Crippen LogP contribution in [0, 0.1) is 5.82 Å². The summed E-state index contributed by atoms with van der Waals surface area (Å²) in [6.07, 6.45) is 0. The summed E-state index contributed by atoms with van der Waals surface area (Å²) in [4.78, 5) is 16.9. The number of halogens is 3. The molecule has 4 rings (SSSR count). The maximum Gasteiger partial charge on any atom is 0.323 e. The molecule has 0 saturated heterocycles. The Balaban J connectivity index is 1.52. The first-order valence-corrected chi connectivity index (χ1v) is 10.7. The van der Waals surface area contributed by atoms with E-state index in [4.69, 9.17) is 32.7 Å². The molecule has 0 radical (unpaired) electrons. The summed E-state index contributed by atoms with van der Waals surface area (Å²) in [5.74, 6) is 0.325. The standard InChI is InChI=1S/C23H20Cl2FN3O3/c1-2-31-21-9-13(11-27-14-6-7-19-20(10-14)29-23(30)28-19)8-17(25)22(21)32-12-15-16(24)4-3-5-18(15)26/h3-10,27H,2,11-12H2,1H3,(H2,28,29,30). The second kappa shape index (κ2) is 9.54. The van der Waals surface area contributed by atoms with Crippen molar-refractivity contribution in [2.75, 3.05) is 11.9 Å². The summed E-state index contributed by atoms with van der Waals surface area (Å²) in [6.45, 7) is 2.63. The number of ether oxygens (including phenoxy) is 2. The van der Waals surface area contributed by atoms with Crippen LogP contribution in [-0.2, 0) is 13.2 Å². The number of benzene rings is 3. The topological polar surface area (TPSA) is 79.1 Å². The molecular weight excluding hydrogens is 456 g/mol. The highest BCUT2D eigenvalue weighted by Crippen LogP contribution is 2.38. The van der Waals surface area contributed by atoms with Crippen molar-refractivity contribution in [2.24, 2.45) is 0 Å².